The van der Waals surface area contributed by atoms with Crippen molar-refractivity contribution in [2.24, 2.45) is 0 Å². The minimum atomic E-state index is -0.437. The standard InChI is InChI=1S/C60H118O7/c1-7-13-19-25-27-29-35-45-55-65-59(49-39-33-31-37-47-57(61-51-41-21-15-9-3)62-52-42-22-16-10-4)67-60(66-56-46-36-30-28-26-20-14-8-2)50-40-34-32-38-48-58(63-53-43-23-17-11-5)64-54-44-24-18-12-6/h39-40,49-50,57-60H,7-38,41-48,51-56H2,1-6H3. The van der Waals surface area contributed by atoms with Gasteiger partial charge in [0.1, 0.15) is 0 Å². The van der Waals surface area contributed by atoms with Crippen molar-refractivity contribution >= 4 is 0 Å². The van der Waals surface area contributed by atoms with Gasteiger partial charge < -0.3 is 33.2 Å². The van der Waals surface area contributed by atoms with Gasteiger partial charge in [-0.05, 0) is 102 Å². The van der Waals surface area contributed by atoms with Crippen molar-refractivity contribution in [1.29, 1.82) is 0 Å². The first-order chi connectivity index (χ1) is 33.1. The molecule has 0 aromatic rings. The summed E-state index contributed by atoms with van der Waals surface area (Å²) < 4.78 is 44.7. The van der Waals surface area contributed by atoms with Gasteiger partial charge in [-0.1, -0.05) is 221 Å². The van der Waals surface area contributed by atoms with Crippen LogP contribution in [0.3, 0.4) is 0 Å². The van der Waals surface area contributed by atoms with Gasteiger partial charge in [0.15, 0.2) is 25.2 Å². The van der Waals surface area contributed by atoms with E-state index < -0.39 is 12.6 Å². The number of rotatable bonds is 58. The molecule has 0 spiro atoms. The van der Waals surface area contributed by atoms with E-state index in [4.69, 9.17) is 33.2 Å². The van der Waals surface area contributed by atoms with Gasteiger partial charge in [0.2, 0.25) is 0 Å². The minimum Gasteiger partial charge on any atom is -0.353 e. The number of hydrogen-bond acceptors (Lipinski definition) is 7. The molecule has 0 heterocycles. The summed E-state index contributed by atoms with van der Waals surface area (Å²) in [6.07, 6.45) is 55.9. The van der Waals surface area contributed by atoms with Gasteiger partial charge in [0.25, 0.3) is 0 Å². The van der Waals surface area contributed by atoms with E-state index in [1.165, 1.54) is 167 Å². The third-order valence-corrected chi connectivity index (χ3v) is 12.7. The Bertz CT molecular complexity index is 857. The molecule has 2 unspecified atom stereocenters. The predicted molar refractivity (Wildman–Crippen MR) is 289 cm³/mol. The van der Waals surface area contributed by atoms with Crippen LogP contribution in [0.15, 0.2) is 24.3 Å². The number of unbranched alkanes of at least 4 members (excludes halogenated alkanes) is 30. The third-order valence-electron chi connectivity index (χ3n) is 12.7. The van der Waals surface area contributed by atoms with Crippen LogP contribution in [0.5, 0.6) is 0 Å². The van der Waals surface area contributed by atoms with E-state index in [2.05, 4.69) is 65.8 Å². The molecule has 0 N–H and O–H groups in total. The van der Waals surface area contributed by atoms with Crippen LogP contribution in [-0.4, -0.2) is 64.8 Å². The molecule has 0 aliphatic carbocycles. The highest BCUT2D eigenvalue weighted by Gasteiger charge is 2.15. The SMILES string of the molecule is CCCCCCCCCCOC(C=CCCCCC(OCCCCCC)OCCCCCC)OC(C=CCCCCC(OCCCCCC)OCCCCCC)OCCCCCCCCCC. The summed E-state index contributed by atoms with van der Waals surface area (Å²) in [7, 11) is 0. The predicted octanol–water partition coefficient (Wildman–Crippen LogP) is 19.2. The molecule has 0 aromatic heterocycles. The fraction of sp³-hybridized carbons (Fsp3) is 0.933. The second-order valence-corrected chi connectivity index (χ2v) is 19.6. The summed E-state index contributed by atoms with van der Waals surface area (Å²) in [5.41, 5.74) is 0. The summed E-state index contributed by atoms with van der Waals surface area (Å²) in [4.78, 5) is 0. The molecule has 0 bridgehead atoms. The Morgan fingerprint density at radius 3 is 0.776 bits per heavy atom. The Labute approximate surface area is 419 Å². The molecule has 0 aromatic carbocycles. The summed E-state index contributed by atoms with van der Waals surface area (Å²) in [5.74, 6) is 0. The Hall–Kier alpha value is -0.800. The van der Waals surface area contributed by atoms with Gasteiger partial charge in [0, 0.05) is 26.4 Å². The van der Waals surface area contributed by atoms with Crippen LogP contribution in [-0.2, 0) is 33.2 Å². The molecule has 0 aliphatic heterocycles. The highest BCUT2D eigenvalue weighted by molar-refractivity contribution is 4.90. The van der Waals surface area contributed by atoms with Gasteiger partial charge in [-0.3, -0.25) is 0 Å². The van der Waals surface area contributed by atoms with Crippen LogP contribution in [0.1, 0.15) is 298 Å². The molecule has 0 saturated carbocycles. The van der Waals surface area contributed by atoms with Crippen molar-refractivity contribution in [1.82, 2.24) is 0 Å². The van der Waals surface area contributed by atoms with Crippen molar-refractivity contribution in [3.8, 4) is 0 Å². The van der Waals surface area contributed by atoms with Gasteiger partial charge in [-0.15, -0.1) is 0 Å². The maximum absolute atomic E-state index is 6.67. The van der Waals surface area contributed by atoms with Gasteiger partial charge in [-0.2, -0.15) is 0 Å². The monoisotopic (exact) mass is 951 g/mol. The maximum atomic E-state index is 6.67. The van der Waals surface area contributed by atoms with Crippen molar-refractivity contribution < 1.29 is 33.2 Å². The van der Waals surface area contributed by atoms with E-state index in [0.29, 0.717) is 13.2 Å². The summed E-state index contributed by atoms with van der Waals surface area (Å²) in [5, 5.41) is 0. The van der Waals surface area contributed by atoms with Crippen molar-refractivity contribution in [3.63, 3.8) is 0 Å². The lowest BCUT2D eigenvalue weighted by Gasteiger charge is -2.22. The normalized spacial score (nSPS) is 13.1. The lowest BCUT2D eigenvalue weighted by Crippen LogP contribution is -2.25. The summed E-state index contributed by atoms with van der Waals surface area (Å²) >= 11 is 0. The molecule has 0 radical (unpaired) electrons. The first-order valence-electron chi connectivity index (χ1n) is 29.8. The largest absolute Gasteiger partial charge is 0.353 e. The number of allylic oxidation sites excluding steroid dienone is 2. The molecule has 0 fully saturated rings. The Kier molecular flexibility index (Phi) is 57.1. The topological polar surface area (TPSA) is 64.6 Å². The molecule has 0 rings (SSSR count). The average Bonchev–Trinajstić information content (AvgIpc) is 3.33. The van der Waals surface area contributed by atoms with E-state index in [1.807, 2.05) is 0 Å². The Morgan fingerprint density at radius 1 is 0.254 bits per heavy atom. The fourth-order valence-corrected chi connectivity index (χ4v) is 8.25. The molecule has 0 aliphatic rings. The summed E-state index contributed by atoms with van der Waals surface area (Å²) in [6.45, 7) is 18.2. The lowest BCUT2D eigenvalue weighted by molar-refractivity contribution is -0.208. The van der Waals surface area contributed by atoms with E-state index in [9.17, 15) is 0 Å². The van der Waals surface area contributed by atoms with Crippen molar-refractivity contribution in [2.75, 3.05) is 39.6 Å². The molecule has 0 amide bonds. The molecule has 400 valence electrons. The van der Waals surface area contributed by atoms with Crippen molar-refractivity contribution in [2.45, 2.75) is 324 Å². The Balaban J connectivity index is 5.55. The van der Waals surface area contributed by atoms with E-state index in [1.54, 1.807) is 0 Å². The van der Waals surface area contributed by atoms with Crippen LogP contribution < -0.4 is 0 Å². The zero-order valence-electron chi connectivity index (χ0n) is 46.0. The van der Waals surface area contributed by atoms with Crippen molar-refractivity contribution in [3.05, 3.63) is 24.3 Å². The number of ether oxygens (including phenoxy) is 7. The molecule has 67 heavy (non-hydrogen) atoms. The Morgan fingerprint density at radius 2 is 0.493 bits per heavy atom. The third kappa shape index (κ3) is 51.4. The summed E-state index contributed by atoms with van der Waals surface area (Å²) in [6, 6.07) is 0. The smallest absolute Gasteiger partial charge is 0.180 e. The average molecular weight is 952 g/mol. The molecular weight excluding hydrogens is 833 g/mol. The molecule has 7 nitrogen and oxygen atoms in total. The minimum absolute atomic E-state index is 0.0900. The maximum Gasteiger partial charge on any atom is 0.180 e. The van der Waals surface area contributed by atoms with Crippen LogP contribution in [0.2, 0.25) is 0 Å². The van der Waals surface area contributed by atoms with Crippen LogP contribution in [0.4, 0.5) is 0 Å². The van der Waals surface area contributed by atoms with Crippen LogP contribution in [0, 0.1) is 0 Å². The molecule has 2 atom stereocenters. The lowest BCUT2D eigenvalue weighted by atomic mass is 10.1. The van der Waals surface area contributed by atoms with Gasteiger partial charge in [0.05, 0.1) is 13.2 Å². The molecule has 7 heteroatoms. The zero-order chi connectivity index (χ0) is 48.6. The second-order valence-electron chi connectivity index (χ2n) is 19.6. The number of hydrogen-bond donors (Lipinski definition) is 0. The second kappa shape index (κ2) is 57.8. The highest BCUT2D eigenvalue weighted by Crippen LogP contribution is 2.17. The van der Waals surface area contributed by atoms with Crippen LogP contribution >= 0.6 is 0 Å². The zero-order valence-corrected chi connectivity index (χ0v) is 46.0. The molecular formula is C60H118O7. The quantitative estimate of drug-likeness (QED) is 0.0342. The van der Waals surface area contributed by atoms with E-state index >= 15 is 0 Å². The van der Waals surface area contributed by atoms with E-state index in [-0.39, 0.29) is 12.6 Å². The van der Waals surface area contributed by atoms with Gasteiger partial charge in [-0.25, -0.2) is 0 Å². The van der Waals surface area contributed by atoms with Crippen LogP contribution in [0.25, 0.3) is 0 Å². The first-order valence-corrected chi connectivity index (χ1v) is 29.8. The van der Waals surface area contributed by atoms with Gasteiger partial charge >= 0.3 is 0 Å². The van der Waals surface area contributed by atoms with E-state index in [0.717, 1.165) is 116 Å². The molecule has 0 saturated heterocycles. The fourth-order valence-electron chi connectivity index (χ4n) is 8.25. The highest BCUT2D eigenvalue weighted by atomic mass is 16.8. The first kappa shape index (κ1) is 66.2.